The minimum Gasteiger partial charge on any atom is -0.497 e. The summed E-state index contributed by atoms with van der Waals surface area (Å²) in [5.41, 5.74) is 6.40. The summed E-state index contributed by atoms with van der Waals surface area (Å²) in [5, 5.41) is 0. The Labute approximate surface area is 216 Å². The van der Waals surface area contributed by atoms with Crippen molar-refractivity contribution in [3.8, 4) is 22.6 Å². The zero-order valence-corrected chi connectivity index (χ0v) is 21.5. The first kappa shape index (κ1) is 24.6. The van der Waals surface area contributed by atoms with Crippen LogP contribution in [0.5, 0.6) is 11.5 Å². The molecule has 1 amide bonds. The Hall–Kier alpha value is -4.13. The van der Waals surface area contributed by atoms with E-state index in [9.17, 15) is 9.18 Å². The van der Waals surface area contributed by atoms with Crippen molar-refractivity contribution in [3.63, 3.8) is 0 Å². The smallest absolute Gasteiger partial charge is 0.254 e. The van der Waals surface area contributed by atoms with Crippen LogP contribution in [-0.4, -0.2) is 41.1 Å². The molecule has 5 rings (SSSR count). The van der Waals surface area contributed by atoms with Crippen LogP contribution < -0.4 is 9.47 Å². The van der Waals surface area contributed by atoms with Crippen molar-refractivity contribution in [1.82, 2.24) is 14.5 Å². The van der Waals surface area contributed by atoms with E-state index >= 15 is 0 Å². The van der Waals surface area contributed by atoms with Gasteiger partial charge in [0.05, 0.1) is 14.2 Å². The average molecular weight is 500 g/mol. The number of carbonyl (C=O) groups excluding carboxylic acids is 1. The third-order valence-electron chi connectivity index (χ3n) is 7.00. The van der Waals surface area contributed by atoms with Crippen molar-refractivity contribution >= 4 is 5.91 Å². The number of aromatic nitrogens is 2. The van der Waals surface area contributed by atoms with Crippen LogP contribution in [0.4, 0.5) is 4.39 Å². The van der Waals surface area contributed by atoms with Crippen molar-refractivity contribution in [1.29, 1.82) is 0 Å². The van der Waals surface area contributed by atoms with Gasteiger partial charge in [0.25, 0.3) is 5.91 Å². The van der Waals surface area contributed by atoms with Crippen LogP contribution in [-0.2, 0) is 19.5 Å². The molecule has 0 spiro atoms. The normalized spacial score (nSPS) is 13.0. The lowest BCUT2D eigenvalue weighted by Crippen LogP contribution is -2.37. The first-order chi connectivity index (χ1) is 17.9. The van der Waals surface area contributed by atoms with Crippen LogP contribution in [0.15, 0.2) is 60.9 Å². The molecule has 37 heavy (non-hydrogen) atoms. The monoisotopic (exact) mass is 499 g/mol. The molecule has 1 aromatic heterocycles. The molecule has 0 saturated carbocycles. The highest BCUT2D eigenvalue weighted by Crippen LogP contribution is 2.35. The highest BCUT2D eigenvalue weighted by molar-refractivity contribution is 5.99. The molecular formula is C30H30FN3O3. The van der Waals surface area contributed by atoms with E-state index in [1.807, 2.05) is 55.3 Å². The summed E-state index contributed by atoms with van der Waals surface area (Å²) in [6, 6.07) is 14.6. The summed E-state index contributed by atoms with van der Waals surface area (Å²) in [6.07, 6.45) is 4.41. The average Bonchev–Trinajstić information content (AvgIpc) is 3.29. The second kappa shape index (κ2) is 10.1. The lowest BCUT2D eigenvalue weighted by molar-refractivity contribution is 0.0726. The number of hydrogen-bond donors (Lipinski definition) is 0. The van der Waals surface area contributed by atoms with Crippen molar-refractivity contribution < 1.29 is 18.7 Å². The lowest BCUT2D eigenvalue weighted by Gasteiger charge is -2.31. The summed E-state index contributed by atoms with van der Waals surface area (Å²) >= 11 is 0. The Kier molecular flexibility index (Phi) is 6.70. The van der Waals surface area contributed by atoms with Crippen molar-refractivity contribution in [2.75, 3.05) is 20.8 Å². The van der Waals surface area contributed by atoms with Crippen LogP contribution in [0.3, 0.4) is 0 Å². The molecule has 0 aliphatic carbocycles. The Bertz CT molecular complexity index is 1450. The maximum absolute atomic E-state index is 13.9. The van der Waals surface area contributed by atoms with E-state index in [4.69, 9.17) is 9.47 Å². The van der Waals surface area contributed by atoms with Gasteiger partial charge in [-0.05, 0) is 90.0 Å². The van der Waals surface area contributed by atoms with Gasteiger partial charge in [-0.15, -0.1) is 0 Å². The first-order valence-corrected chi connectivity index (χ1v) is 12.3. The molecule has 190 valence electrons. The zero-order valence-electron chi connectivity index (χ0n) is 21.5. The number of carbonyl (C=O) groups is 1. The summed E-state index contributed by atoms with van der Waals surface area (Å²) in [6.45, 7) is 5.48. The number of fused-ring (bicyclic) bond motifs is 1. The van der Waals surface area contributed by atoms with Gasteiger partial charge in [-0.1, -0.05) is 6.07 Å². The number of benzene rings is 3. The number of ether oxygens (including phenoxy) is 2. The molecule has 0 fully saturated rings. The fraction of sp³-hybridized carbons (Fsp3) is 0.267. The van der Waals surface area contributed by atoms with Crippen molar-refractivity contribution in [2.45, 2.75) is 33.4 Å². The molecule has 4 aromatic rings. The predicted octanol–water partition coefficient (Wildman–Crippen LogP) is 5.57. The SMILES string of the molecule is COc1cc(CN2CCc3c(cc(Cn4ccnc4C)cc3-c3ccc(F)cc3C)C2=O)cc(OC)c1. The minimum absolute atomic E-state index is 0.0201. The molecule has 1 aliphatic rings. The van der Waals surface area contributed by atoms with Gasteiger partial charge in [-0.2, -0.15) is 0 Å². The van der Waals surface area contributed by atoms with Gasteiger partial charge < -0.3 is 18.9 Å². The van der Waals surface area contributed by atoms with E-state index in [2.05, 4.69) is 15.6 Å². The van der Waals surface area contributed by atoms with E-state index in [0.717, 1.165) is 39.2 Å². The Morgan fingerprint density at radius 2 is 1.59 bits per heavy atom. The summed E-state index contributed by atoms with van der Waals surface area (Å²) in [5.74, 6) is 1.99. The number of aryl methyl sites for hydroxylation is 2. The molecule has 0 atom stereocenters. The third kappa shape index (κ3) is 4.94. The summed E-state index contributed by atoms with van der Waals surface area (Å²) in [4.78, 5) is 20.1. The number of halogens is 1. The van der Waals surface area contributed by atoms with Gasteiger partial charge in [0.2, 0.25) is 0 Å². The summed E-state index contributed by atoms with van der Waals surface area (Å²) in [7, 11) is 3.23. The fourth-order valence-corrected chi connectivity index (χ4v) is 5.07. The van der Waals surface area contributed by atoms with Crippen LogP contribution in [0, 0.1) is 19.7 Å². The Morgan fingerprint density at radius 3 is 2.24 bits per heavy atom. The van der Waals surface area contributed by atoms with Crippen LogP contribution in [0.1, 0.15) is 38.4 Å². The fourth-order valence-electron chi connectivity index (χ4n) is 5.07. The molecule has 0 bridgehead atoms. The quantitative estimate of drug-likeness (QED) is 0.334. The van der Waals surface area contributed by atoms with Gasteiger partial charge >= 0.3 is 0 Å². The van der Waals surface area contributed by atoms with Gasteiger partial charge in [-0.3, -0.25) is 4.79 Å². The van der Waals surface area contributed by atoms with E-state index in [1.165, 1.54) is 6.07 Å². The Balaban J connectivity index is 1.56. The number of methoxy groups -OCH3 is 2. The number of amides is 1. The minimum atomic E-state index is -0.267. The number of hydrogen-bond acceptors (Lipinski definition) is 4. The highest BCUT2D eigenvalue weighted by atomic mass is 19.1. The molecule has 0 saturated heterocycles. The van der Waals surface area contributed by atoms with E-state index in [1.54, 1.807) is 26.5 Å². The maximum atomic E-state index is 13.9. The van der Waals surface area contributed by atoms with Crippen LogP contribution >= 0.6 is 0 Å². The number of nitrogens with zero attached hydrogens (tertiary/aromatic N) is 3. The maximum Gasteiger partial charge on any atom is 0.254 e. The van der Waals surface area contributed by atoms with Gasteiger partial charge in [0.15, 0.2) is 0 Å². The van der Waals surface area contributed by atoms with Crippen LogP contribution in [0.25, 0.3) is 11.1 Å². The van der Waals surface area contributed by atoms with E-state index < -0.39 is 0 Å². The number of rotatable bonds is 7. The largest absolute Gasteiger partial charge is 0.497 e. The second-order valence-electron chi connectivity index (χ2n) is 9.43. The molecule has 7 heteroatoms. The summed E-state index contributed by atoms with van der Waals surface area (Å²) < 4.78 is 26.8. The molecule has 0 radical (unpaired) electrons. The predicted molar refractivity (Wildman–Crippen MR) is 141 cm³/mol. The molecule has 0 unspecified atom stereocenters. The highest BCUT2D eigenvalue weighted by Gasteiger charge is 2.28. The van der Waals surface area contributed by atoms with Gasteiger partial charge in [-0.25, -0.2) is 9.37 Å². The van der Waals surface area contributed by atoms with E-state index in [0.29, 0.717) is 43.1 Å². The molecule has 2 heterocycles. The van der Waals surface area contributed by atoms with Crippen molar-refractivity contribution in [2.24, 2.45) is 0 Å². The van der Waals surface area contributed by atoms with Gasteiger partial charge in [0.1, 0.15) is 23.1 Å². The molecular weight excluding hydrogens is 469 g/mol. The molecule has 6 nitrogen and oxygen atoms in total. The van der Waals surface area contributed by atoms with E-state index in [-0.39, 0.29) is 11.7 Å². The lowest BCUT2D eigenvalue weighted by atomic mass is 9.86. The number of imidazole rings is 1. The van der Waals surface area contributed by atoms with Crippen LogP contribution in [0.2, 0.25) is 0 Å². The Morgan fingerprint density at radius 1 is 0.892 bits per heavy atom. The second-order valence-corrected chi connectivity index (χ2v) is 9.43. The third-order valence-corrected chi connectivity index (χ3v) is 7.00. The zero-order chi connectivity index (χ0) is 26.1. The standard InChI is InChI=1S/C30H30FN3O3/c1-19-11-23(31)5-6-26(19)28-14-22(17-33-10-8-32-20(33)2)15-29-27(28)7-9-34(30(29)35)18-21-12-24(36-3)16-25(13-21)37-4/h5-6,8,10-16H,7,9,17-18H2,1-4H3. The first-order valence-electron chi connectivity index (χ1n) is 12.3. The van der Waals surface area contributed by atoms with Gasteiger partial charge in [0, 0.05) is 43.7 Å². The topological polar surface area (TPSA) is 56.6 Å². The van der Waals surface area contributed by atoms with Crippen molar-refractivity contribution in [3.05, 3.63) is 100 Å². The molecule has 0 N–H and O–H groups in total. The molecule has 3 aromatic carbocycles. The molecule has 1 aliphatic heterocycles.